The van der Waals surface area contributed by atoms with Crippen LogP contribution in [0.4, 0.5) is 0 Å². The maximum Gasteiger partial charge on any atom is 0.115 e. The van der Waals surface area contributed by atoms with E-state index in [0.717, 1.165) is 6.42 Å². The summed E-state index contributed by atoms with van der Waals surface area (Å²) in [5.74, 6) is 0. The van der Waals surface area contributed by atoms with Crippen molar-refractivity contribution >= 4 is 0 Å². The molecule has 1 atom stereocenters. The van der Waals surface area contributed by atoms with E-state index in [1.54, 1.807) is 14.1 Å². The fraction of sp³-hybridized carbons (Fsp3) is 1.00. The molecule has 0 amide bonds. The molecule has 0 aliphatic carbocycles. The van der Waals surface area contributed by atoms with E-state index in [1.807, 2.05) is 6.92 Å². The summed E-state index contributed by atoms with van der Waals surface area (Å²) >= 11 is 0. The molecule has 0 heterocycles. The summed E-state index contributed by atoms with van der Waals surface area (Å²) in [7, 11) is 3.57. The van der Waals surface area contributed by atoms with Crippen molar-refractivity contribution in [2.45, 2.75) is 26.3 Å². The molecule has 58 valence electrons. The van der Waals surface area contributed by atoms with E-state index in [-0.39, 0.29) is 10.1 Å². The van der Waals surface area contributed by atoms with Gasteiger partial charge in [-0.05, 0) is 13.3 Å². The Hall–Kier alpha value is -0.120. The van der Waals surface area contributed by atoms with Crippen LogP contribution in [0.5, 0.6) is 0 Å². The van der Waals surface area contributed by atoms with Crippen LogP contribution in [0.15, 0.2) is 0 Å². The zero-order valence-corrected chi connectivity index (χ0v) is 6.63. The standard InChI is InChI=1S/C6H16NO.H2O/c1-5-6(2)7(3,4)8;/h6,8H,5H2,1-4H3;1H2/q+1;/p-1. The van der Waals surface area contributed by atoms with Crippen LogP contribution in [0.3, 0.4) is 0 Å². The van der Waals surface area contributed by atoms with Crippen molar-refractivity contribution < 1.29 is 15.3 Å². The number of hydroxylamine groups is 3. The zero-order chi connectivity index (χ0) is 6.78. The predicted molar refractivity (Wildman–Crippen MR) is 35.6 cm³/mol. The van der Waals surface area contributed by atoms with Crippen molar-refractivity contribution in [2.24, 2.45) is 0 Å². The van der Waals surface area contributed by atoms with E-state index in [1.165, 1.54) is 0 Å². The molecule has 0 rings (SSSR count). The highest BCUT2D eigenvalue weighted by Crippen LogP contribution is 2.03. The third-order valence-electron chi connectivity index (χ3n) is 1.67. The molecule has 0 saturated heterocycles. The molecule has 2 N–H and O–H groups in total. The van der Waals surface area contributed by atoms with Gasteiger partial charge in [0.2, 0.25) is 0 Å². The highest BCUT2D eigenvalue weighted by Gasteiger charge is 2.18. The summed E-state index contributed by atoms with van der Waals surface area (Å²) < 4.78 is 0.0799. The Morgan fingerprint density at radius 1 is 1.44 bits per heavy atom. The first-order valence-electron chi connectivity index (χ1n) is 3.05. The van der Waals surface area contributed by atoms with E-state index < -0.39 is 0 Å². The van der Waals surface area contributed by atoms with Gasteiger partial charge in [-0.25, -0.2) is 5.21 Å². The average molecular weight is 135 g/mol. The second kappa shape index (κ2) is 3.82. The van der Waals surface area contributed by atoms with E-state index in [9.17, 15) is 5.21 Å². The smallest absolute Gasteiger partial charge is 0.115 e. The predicted octanol–water partition coefficient (Wildman–Crippen LogP) is 1.07. The van der Waals surface area contributed by atoms with Gasteiger partial charge in [0, 0.05) is 0 Å². The minimum absolute atomic E-state index is 0. The van der Waals surface area contributed by atoms with Crippen LogP contribution in [0.1, 0.15) is 20.3 Å². The summed E-state index contributed by atoms with van der Waals surface area (Å²) in [6, 6.07) is 0.343. The molecule has 0 fully saturated rings. The van der Waals surface area contributed by atoms with Crippen molar-refractivity contribution in [3.8, 4) is 0 Å². The molecule has 0 radical (unpaired) electrons. The zero-order valence-electron chi connectivity index (χ0n) is 6.63. The highest BCUT2D eigenvalue weighted by atomic mass is 16.5. The molecule has 0 bridgehead atoms. The Morgan fingerprint density at radius 2 is 1.78 bits per heavy atom. The minimum atomic E-state index is 0. The summed E-state index contributed by atoms with van der Waals surface area (Å²) in [5, 5.41) is 9.22. The molecule has 0 aromatic heterocycles. The molecule has 1 unspecified atom stereocenters. The molecule has 0 aliphatic rings. The molecule has 9 heavy (non-hydrogen) atoms. The molecular formula is C6H17NO2. The van der Waals surface area contributed by atoms with E-state index >= 15 is 0 Å². The minimum Gasteiger partial charge on any atom is -0.870 e. The molecular weight excluding hydrogens is 118 g/mol. The number of rotatable bonds is 2. The Morgan fingerprint density at radius 3 is 1.78 bits per heavy atom. The molecule has 0 saturated carbocycles. The third kappa shape index (κ3) is 4.39. The van der Waals surface area contributed by atoms with Crippen molar-refractivity contribution in [2.75, 3.05) is 14.1 Å². The summed E-state index contributed by atoms with van der Waals surface area (Å²) in [6.07, 6.45) is 1.02. The maximum atomic E-state index is 9.22. The van der Waals surface area contributed by atoms with Gasteiger partial charge in [-0.15, -0.1) is 0 Å². The number of hydrogen-bond donors (Lipinski definition) is 1. The second-order valence-corrected chi connectivity index (χ2v) is 2.74. The lowest BCUT2D eigenvalue weighted by atomic mass is 10.2. The van der Waals surface area contributed by atoms with Gasteiger partial charge in [0.15, 0.2) is 0 Å². The van der Waals surface area contributed by atoms with Crippen LogP contribution in [0.2, 0.25) is 0 Å². The first-order valence-corrected chi connectivity index (χ1v) is 3.05. The molecule has 3 heteroatoms. The summed E-state index contributed by atoms with van der Waals surface area (Å²) in [4.78, 5) is 0. The van der Waals surface area contributed by atoms with Gasteiger partial charge in [-0.1, -0.05) is 6.92 Å². The molecule has 0 spiro atoms. The molecule has 0 aromatic carbocycles. The van der Waals surface area contributed by atoms with E-state index in [2.05, 4.69) is 6.92 Å². The van der Waals surface area contributed by atoms with Crippen molar-refractivity contribution in [1.29, 1.82) is 0 Å². The Bertz CT molecular complexity index is 67.9. The Balaban J connectivity index is 0. The molecule has 3 nitrogen and oxygen atoms in total. The van der Waals surface area contributed by atoms with Crippen molar-refractivity contribution in [3.05, 3.63) is 0 Å². The van der Waals surface area contributed by atoms with Crippen LogP contribution in [-0.2, 0) is 0 Å². The monoisotopic (exact) mass is 135 g/mol. The van der Waals surface area contributed by atoms with Gasteiger partial charge in [0.25, 0.3) is 0 Å². The van der Waals surface area contributed by atoms with Crippen LogP contribution in [0.25, 0.3) is 0 Å². The molecule has 0 aromatic rings. The lowest BCUT2D eigenvalue weighted by molar-refractivity contribution is -1.09. The fourth-order valence-electron chi connectivity index (χ4n) is 0.447. The summed E-state index contributed by atoms with van der Waals surface area (Å²) in [5.41, 5.74) is 0. The third-order valence-corrected chi connectivity index (χ3v) is 1.67. The number of nitrogens with zero attached hydrogens (tertiary/aromatic N) is 1. The van der Waals surface area contributed by atoms with Crippen LogP contribution in [-0.4, -0.2) is 35.5 Å². The fourth-order valence-corrected chi connectivity index (χ4v) is 0.447. The highest BCUT2D eigenvalue weighted by molar-refractivity contribution is 4.39. The Labute approximate surface area is 56.8 Å². The SMILES string of the molecule is CCC(C)[N+](C)(C)O.[OH-]. The van der Waals surface area contributed by atoms with Crippen molar-refractivity contribution in [3.63, 3.8) is 0 Å². The van der Waals surface area contributed by atoms with Crippen molar-refractivity contribution in [1.82, 2.24) is 0 Å². The largest absolute Gasteiger partial charge is 0.870 e. The first-order chi connectivity index (χ1) is 3.48. The maximum absolute atomic E-state index is 9.22. The van der Waals surface area contributed by atoms with Gasteiger partial charge in [-0.3, -0.25) is 0 Å². The van der Waals surface area contributed by atoms with Gasteiger partial charge < -0.3 is 5.48 Å². The van der Waals surface area contributed by atoms with Crippen LogP contribution >= 0.6 is 0 Å². The number of quaternary nitrogens is 1. The molecule has 0 aliphatic heterocycles. The average Bonchev–Trinajstić information content (AvgIpc) is 1.62. The normalized spacial score (nSPS) is 14.3. The van der Waals surface area contributed by atoms with Gasteiger partial charge >= 0.3 is 0 Å². The van der Waals surface area contributed by atoms with Gasteiger partial charge in [-0.2, -0.15) is 4.65 Å². The second-order valence-electron chi connectivity index (χ2n) is 2.74. The quantitative estimate of drug-likeness (QED) is 0.455. The topological polar surface area (TPSA) is 50.2 Å². The van der Waals surface area contributed by atoms with Gasteiger partial charge in [0.1, 0.15) is 6.04 Å². The Kier molecular flexibility index (Phi) is 4.95. The van der Waals surface area contributed by atoms with Crippen LogP contribution in [0, 0.1) is 0 Å². The first kappa shape index (κ1) is 11.6. The van der Waals surface area contributed by atoms with E-state index in [4.69, 9.17) is 0 Å². The summed E-state index contributed by atoms with van der Waals surface area (Å²) in [6.45, 7) is 4.10. The lowest BCUT2D eigenvalue weighted by Gasteiger charge is -2.25. The van der Waals surface area contributed by atoms with E-state index in [0.29, 0.717) is 6.04 Å². The van der Waals surface area contributed by atoms with Gasteiger partial charge in [0.05, 0.1) is 14.1 Å². The lowest BCUT2D eigenvalue weighted by Crippen LogP contribution is -2.43. The number of hydrogen-bond acceptors (Lipinski definition) is 2. The van der Waals surface area contributed by atoms with Crippen LogP contribution < -0.4 is 0 Å².